The van der Waals surface area contributed by atoms with Crippen LogP contribution in [-0.2, 0) is 19.6 Å². The zero-order chi connectivity index (χ0) is 15.6. The summed E-state index contributed by atoms with van der Waals surface area (Å²) in [6.45, 7) is 1.70. The Morgan fingerprint density at radius 1 is 1.23 bits per heavy atom. The molecule has 6 nitrogen and oxygen atoms in total. The van der Waals surface area contributed by atoms with Crippen LogP contribution in [0.4, 0.5) is 5.69 Å². The molecule has 2 heterocycles. The number of hydrogen-bond donors (Lipinski definition) is 1. The number of sulfonamides is 1. The second-order valence-electron chi connectivity index (χ2n) is 5.63. The van der Waals surface area contributed by atoms with Gasteiger partial charge in [-0.15, -0.1) is 0 Å². The van der Waals surface area contributed by atoms with E-state index >= 15 is 0 Å². The van der Waals surface area contributed by atoms with Crippen LogP contribution in [0.3, 0.4) is 0 Å². The fourth-order valence-electron chi connectivity index (χ4n) is 2.82. The number of carbonyl (C=O) groups excluding carboxylic acids is 1. The van der Waals surface area contributed by atoms with E-state index in [-0.39, 0.29) is 16.9 Å². The summed E-state index contributed by atoms with van der Waals surface area (Å²) in [6.07, 6.45) is 3.24. The molecule has 1 amide bonds. The van der Waals surface area contributed by atoms with Crippen molar-refractivity contribution in [3.8, 4) is 0 Å². The van der Waals surface area contributed by atoms with Gasteiger partial charge in [-0.2, -0.15) is 0 Å². The molecule has 1 aromatic rings. The third-order valence-corrected chi connectivity index (χ3v) is 5.50. The van der Waals surface area contributed by atoms with Crippen LogP contribution in [0, 0.1) is 0 Å². The lowest BCUT2D eigenvalue weighted by molar-refractivity contribution is -0.117. The highest BCUT2D eigenvalue weighted by molar-refractivity contribution is 7.89. The van der Waals surface area contributed by atoms with Gasteiger partial charge in [-0.05, 0) is 43.5 Å². The molecule has 3 rings (SSSR count). The molecule has 120 valence electrons. The van der Waals surface area contributed by atoms with Crippen LogP contribution in [-0.4, -0.2) is 40.1 Å². The van der Waals surface area contributed by atoms with Crippen molar-refractivity contribution in [1.82, 2.24) is 4.72 Å². The summed E-state index contributed by atoms with van der Waals surface area (Å²) in [5, 5.41) is 0. The van der Waals surface area contributed by atoms with E-state index in [1.54, 1.807) is 29.2 Å². The number of ether oxygens (including phenoxy) is 1. The van der Waals surface area contributed by atoms with Gasteiger partial charge in [0.1, 0.15) is 0 Å². The quantitative estimate of drug-likeness (QED) is 0.885. The standard InChI is InChI=1S/C15H20N2O4S/c18-15-4-1-9-17(15)12-5-7-14(8-6-12)22(19,20)16-11-13-3-2-10-21-13/h5-8,13,16H,1-4,9-11H2/t13-/m1/s1. The molecule has 0 bridgehead atoms. The number of hydrogen-bond acceptors (Lipinski definition) is 4. The van der Waals surface area contributed by atoms with Crippen LogP contribution in [0.2, 0.25) is 0 Å². The molecule has 0 saturated carbocycles. The molecule has 2 fully saturated rings. The van der Waals surface area contributed by atoms with E-state index in [1.165, 1.54) is 0 Å². The van der Waals surface area contributed by atoms with E-state index in [2.05, 4.69) is 4.72 Å². The summed E-state index contributed by atoms with van der Waals surface area (Å²) in [5.41, 5.74) is 0.751. The molecule has 0 aromatic heterocycles. The summed E-state index contributed by atoms with van der Waals surface area (Å²) in [7, 11) is -3.54. The van der Waals surface area contributed by atoms with Crippen LogP contribution in [0.15, 0.2) is 29.2 Å². The molecule has 2 aliphatic heterocycles. The fourth-order valence-corrected chi connectivity index (χ4v) is 3.88. The summed E-state index contributed by atoms with van der Waals surface area (Å²) in [5.74, 6) is 0.0899. The maximum Gasteiger partial charge on any atom is 0.240 e. The first kappa shape index (κ1) is 15.5. The number of rotatable bonds is 5. The van der Waals surface area contributed by atoms with Crippen molar-refractivity contribution in [2.75, 3.05) is 24.6 Å². The van der Waals surface area contributed by atoms with Gasteiger partial charge in [-0.1, -0.05) is 0 Å². The van der Waals surface area contributed by atoms with E-state index in [1.807, 2.05) is 0 Å². The number of benzene rings is 1. The van der Waals surface area contributed by atoms with Crippen LogP contribution < -0.4 is 9.62 Å². The van der Waals surface area contributed by atoms with Crippen LogP contribution >= 0.6 is 0 Å². The number of carbonyl (C=O) groups is 1. The normalized spacial score (nSPS) is 22.5. The Morgan fingerprint density at radius 2 is 2.00 bits per heavy atom. The third kappa shape index (κ3) is 3.31. The molecule has 0 radical (unpaired) electrons. The summed E-state index contributed by atoms with van der Waals surface area (Å²) in [4.78, 5) is 13.6. The van der Waals surface area contributed by atoms with E-state index in [4.69, 9.17) is 4.74 Å². The summed E-state index contributed by atoms with van der Waals surface area (Å²) < 4.78 is 32.5. The third-order valence-electron chi connectivity index (χ3n) is 4.06. The second kappa shape index (κ2) is 6.36. The minimum atomic E-state index is -3.54. The number of anilines is 1. The first-order chi connectivity index (χ1) is 10.6. The van der Waals surface area contributed by atoms with Crippen LogP contribution in [0.25, 0.3) is 0 Å². The zero-order valence-corrected chi connectivity index (χ0v) is 13.1. The zero-order valence-electron chi connectivity index (χ0n) is 12.3. The van der Waals surface area contributed by atoms with Gasteiger partial charge in [0.05, 0.1) is 11.0 Å². The maximum absolute atomic E-state index is 12.2. The van der Waals surface area contributed by atoms with Gasteiger partial charge >= 0.3 is 0 Å². The number of amides is 1. The summed E-state index contributed by atoms with van der Waals surface area (Å²) in [6, 6.07) is 6.45. The maximum atomic E-state index is 12.2. The molecule has 1 aromatic carbocycles. The van der Waals surface area contributed by atoms with Gasteiger partial charge in [-0.25, -0.2) is 13.1 Å². The Labute approximate surface area is 130 Å². The van der Waals surface area contributed by atoms with E-state index < -0.39 is 10.0 Å². The highest BCUT2D eigenvalue weighted by Crippen LogP contribution is 2.23. The van der Waals surface area contributed by atoms with Crippen molar-refractivity contribution in [2.24, 2.45) is 0 Å². The minimum Gasteiger partial charge on any atom is -0.377 e. The smallest absolute Gasteiger partial charge is 0.240 e. The average molecular weight is 324 g/mol. The molecule has 1 N–H and O–H groups in total. The Hall–Kier alpha value is -1.44. The van der Waals surface area contributed by atoms with E-state index in [9.17, 15) is 13.2 Å². The lowest BCUT2D eigenvalue weighted by atomic mass is 10.2. The fraction of sp³-hybridized carbons (Fsp3) is 0.533. The average Bonchev–Trinajstić information content (AvgIpc) is 3.17. The first-order valence-electron chi connectivity index (χ1n) is 7.58. The molecular weight excluding hydrogens is 304 g/mol. The number of nitrogens with one attached hydrogen (secondary N) is 1. The molecule has 0 aliphatic carbocycles. The Morgan fingerprint density at radius 3 is 2.59 bits per heavy atom. The second-order valence-corrected chi connectivity index (χ2v) is 7.40. The molecule has 2 saturated heterocycles. The predicted octanol–water partition coefficient (Wildman–Crippen LogP) is 1.27. The highest BCUT2D eigenvalue weighted by atomic mass is 32.2. The van der Waals surface area contributed by atoms with Crippen molar-refractivity contribution in [3.05, 3.63) is 24.3 Å². The highest BCUT2D eigenvalue weighted by Gasteiger charge is 2.23. The summed E-state index contributed by atoms with van der Waals surface area (Å²) >= 11 is 0. The van der Waals surface area contributed by atoms with Crippen molar-refractivity contribution in [3.63, 3.8) is 0 Å². The molecular formula is C15H20N2O4S. The van der Waals surface area contributed by atoms with Gasteiger partial charge in [0.15, 0.2) is 0 Å². The van der Waals surface area contributed by atoms with Gasteiger partial charge in [-0.3, -0.25) is 4.79 Å². The number of nitrogens with zero attached hydrogens (tertiary/aromatic N) is 1. The first-order valence-corrected chi connectivity index (χ1v) is 9.06. The Kier molecular flexibility index (Phi) is 4.46. The lowest BCUT2D eigenvalue weighted by Gasteiger charge is -2.16. The molecule has 2 aliphatic rings. The van der Waals surface area contributed by atoms with E-state index in [0.717, 1.165) is 24.9 Å². The SMILES string of the molecule is O=C1CCCN1c1ccc(S(=O)(=O)NC[C@H]2CCCO2)cc1. The van der Waals surface area contributed by atoms with Gasteiger partial charge in [0, 0.05) is 31.8 Å². The van der Waals surface area contributed by atoms with Gasteiger partial charge in [0.2, 0.25) is 15.9 Å². The van der Waals surface area contributed by atoms with Crippen molar-refractivity contribution in [1.29, 1.82) is 0 Å². The van der Waals surface area contributed by atoms with Gasteiger partial charge in [0.25, 0.3) is 0 Å². The Bertz CT molecular complexity index is 636. The molecule has 0 unspecified atom stereocenters. The van der Waals surface area contributed by atoms with Crippen LogP contribution in [0.1, 0.15) is 25.7 Å². The van der Waals surface area contributed by atoms with Crippen molar-refractivity contribution < 1.29 is 17.9 Å². The Balaban J connectivity index is 1.67. The van der Waals surface area contributed by atoms with E-state index in [0.29, 0.717) is 26.1 Å². The molecule has 22 heavy (non-hydrogen) atoms. The largest absolute Gasteiger partial charge is 0.377 e. The molecule has 1 atom stereocenters. The monoisotopic (exact) mass is 324 g/mol. The predicted molar refractivity (Wildman–Crippen MR) is 82.2 cm³/mol. The molecule has 0 spiro atoms. The van der Waals surface area contributed by atoms with Crippen molar-refractivity contribution in [2.45, 2.75) is 36.7 Å². The molecule has 7 heteroatoms. The topological polar surface area (TPSA) is 75.7 Å². The van der Waals surface area contributed by atoms with Crippen LogP contribution in [0.5, 0.6) is 0 Å². The van der Waals surface area contributed by atoms with Gasteiger partial charge < -0.3 is 9.64 Å². The lowest BCUT2D eigenvalue weighted by Crippen LogP contribution is -2.31. The van der Waals surface area contributed by atoms with Crippen molar-refractivity contribution >= 4 is 21.6 Å². The minimum absolute atomic E-state index is 0.0312.